The van der Waals surface area contributed by atoms with Crippen molar-refractivity contribution < 1.29 is 18.8 Å². The number of anilines is 1. The first kappa shape index (κ1) is 17.7. The summed E-state index contributed by atoms with van der Waals surface area (Å²) in [4.78, 5) is 40.1. The first-order valence-electron chi connectivity index (χ1n) is 8.40. The van der Waals surface area contributed by atoms with Crippen molar-refractivity contribution in [3.8, 4) is 0 Å². The van der Waals surface area contributed by atoms with Crippen molar-refractivity contribution in [3.63, 3.8) is 0 Å². The molecule has 7 heteroatoms. The van der Waals surface area contributed by atoms with Crippen molar-refractivity contribution in [2.24, 2.45) is 0 Å². The Labute approximate surface area is 151 Å². The number of rotatable bonds is 3. The van der Waals surface area contributed by atoms with Crippen molar-refractivity contribution in [2.75, 3.05) is 25.5 Å². The highest BCUT2D eigenvalue weighted by Gasteiger charge is 2.32. The molecule has 0 saturated carbocycles. The molecule has 3 amide bonds. The molecular formula is C19H21N3O4. The fourth-order valence-electron chi connectivity index (χ4n) is 2.97. The van der Waals surface area contributed by atoms with E-state index in [0.717, 1.165) is 0 Å². The summed E-state index contributed by atoms with van der Waals surface area (Å²) in [5, 5.41) is 2.77. The Bertz CT molecular complexity index is 841. The molecule has 0 radical (unpaired) electrons. The van der Waals surface area contributed by atoms with Gasteiger partial charge >= 0.3 is 0 Å². The van der Waals surface area contributed by atoms with E-state index in [2.05, 4.69) is 5.32 Å². The first-order valence-corrected chi connectivity index (χ1v) is 8.40. The summed E-state index contributed by atoms with van der Waals surface area (Å²) in [6.45, 7) is 4.47. The van der Waals surface area contributed by atoms with Crippen LogP contribution >= 0.6 is 0 Å². The van der Waals surface area contributed by atoms with Crippen molar-refractivity contribution in [2.45, 2.75) is 19.9 Å². The highest BCUT2D eigenvalue weighted by molar-refractivity contribution is 6.05. The summed E-state index contributed by atoms with van der Waals surface area (Å²) in [5.74, 6) is 0.0168. The third kappa shape index (κ3) is 3.33. The third-order valence-corrected chi connectivity index (χ3v) is 4.63. The molecule has 1 saturated heterocycles. The number of aryl methyl sites for hydroxylation is 1. The van der Waals surface area contributed by atoms with Crippen LogP contribution in [0.2, 0.25) is 0 Å². The number of hydrogen-bond donors (Lipinski definition) is 1. The molecule has 2 aromatic rings. The van der Waals surface area contributed by atoms with E-state index in [1.54, 1.807) is 61.0 Å². The van der Waals surface area contributed by atoms with Crippen LogP contribution in [0.1, 0.15) is 33.4 Å². The van der Waals surface area contributed by atoms with Crippen LogP contribution in [-0.4, -0.2) is 53.7 Å². The highest BCUT2D eigenvalue weighted by atomic mass is 16.3. The molecule has 1 aliphatic heterocycles. The average Bonchev–Trinajstić information content (AvgIpc) is 3.06. The molecule has 0 bridgehead atoms. The maximum absolute atomic E-state index is 12.7. The molecule has 1 aromatic carbocycles. The smallest absolute Gasteiger partial charge is 0.259 e. The molecule has 136 valence electrons. The van der Waals surface area contributed by atoms with Gasteiger partial charge in [0.1, 0.15) is 11.8 Å². The van der Waals surface area contributed by atoms with Gasteiger partial charge in [-0.2, -0.15) is 0 Å². The van der Waals surface area contributed by atoms with E-state index in [-0.39, 0.29) is 17.7 Å². The van der Waals surface area contributed by atoms with E-state index in [4.69, 9.17) is 4.42 Å². The van der Waals surface area contributed by atoms with Crippen LogP contribution in [0.3, 0.4) is 0 Å². The van der Waals surface area contributed by atoms with Gasteiger partial charge in [-0.1, -0.05) is 0 Å². The van der Waals surface area contributed by atoms with Crippen LogP contribution in [-0.2, 0) is 4.79 Å². The summed E-state index contributed by atoms with van der Waals surface area (Å²) >= 11 is 0. The second-order valence-electron chi connectivity index (χ2n) is 6.36. The Morgan fingerprint density at radius 1 is 1.15 bits per heavy atom. The van der Waals surface area contributed by atoms with Crippen molar-refractivity contribution in [1.29, 1.82) is 0 Å². The molecule has 0 spiro atoms. The Morgan fingerprint density at radius 3 is 2.46 bits per heavy atom. The molecule has 1 atom stereocenters. The number of nitrogens with zero attached hydrogens (tertiary/aromatic N) is 2. The minimum absolute atomic E-state index is 0.0658. The minimum Gasteiger partial charge on any atom is -0.469 e. The van der Waals surface area contributed by atoms with Gasteiger partial charge in [0, 0.05) is 31.4 Å². The second kappa shape index (κ2) is 7.03. The molecule has 7 nitrogen and oxygen atoms in total. The zero-order valence-corrected chi connectivity index (χ0v) is 15.0. The normalized spacial score (nSPS) is 17.3. The number of piperazine rings is 1. The number of furan rings is 1. The van der Waals surface area contributed by atoms with Gasteiger partial charge in [-0.15, -0.1) is 0 Å². The van der Waals surface area contributed by atoms with Gasteiger partial charge in [-0.25, -0.2) is 0 Å². The number of carbonyl (C=O) groups is 3. The third-order valence-electron chi connectivity index (χ3n) is 4.63. The van der Waals surface area contributed by atoms with Gasteiger partial charge in [0.25, 0.3) is 11.8 Å². The van der Waals surface area contributed by atoms with E-state index in [9.17, 15) is 14.4 Å². The van der Waals surface area contributed by atoms with Crippen LogP contribution in [0, 0.1) is 6.92 Å². The standard InChI is InChI=1S/C19H21N3O4/c1-12-18(24)21(3)9-10-22(12)19(25)14-4-6-15(7-5-14)20-17(23)16-8-11-26-13(16)2/h4-8,11-12H,9-10H2,1-3H3,(H,20,23). The van der Waals surface area contributed by atoms with Gasteiger partial charge in [-0.05, 0) is 44.2 Å². The molecule has 2 heterocycles. The fraction of sp³-hybridized carbons (Fsp3) is 0.316. The van der Waals surface area contributed by atoms with E-state index in [1.807, 2.05) is 0 Å². The largest absolute Gasteiger partial charge is 0.469 e. The summed E-state index contributed by atoms with van der Waals surface area (Å²) in [5.41, 5.74) is 1.52. The lowest BCUT2D eigenvalue weighted by molar-refractivity contribution is -0.137. The summed E-state index contributed by atoms with van der Waals surface area (Å²) in [7, 11) is 1.74. The van der Waals surface area contributed by atoms with Crippen LogP contribution in [0.4, 0.5) is 5.69 Å². The lowest BCUT2D eigenvalue weighted by Gasteiger charge is -2.37. The van der Waals surface area contributed by atoms with Gasteiger partial charge < -0.3 is 19.5 Å². The molecule has 1 aromatic heterocycles. The predicted octanol–water partition coefficient (Wildman–Crippen LogP) is 2.14. The molecule has 0 aliphatic carbocycles. The number of nitrogens with one attached hydrogen (secondary N) is 1. The monoisotopic (exact) mass is 355 g/mol. The first-order chi connectivity index (χ1) is 12.4. The topological polar surface area (TPSA) is 82.9 Å². The Kier molecular flexibility index (Phi) is 4.79. The Morgan fingerprint density at radius 2 is 1.85 bits per heavy atom. The molecule has 1 fully saturated rings. The van der Waals surface area contributed by atoms with E-state index < -0.39 is 6.04 Å². The summed E-state index contributed by atoms with van der Waals surface area (Å²) < 4.78 is 5.13. The quantitative estimate of drug-likeness (QED) is 0.914. The van der Waals surface area contributed by atoms with E-state index in [0.29, 0.717) is 35.7 Å². The van der Waals surface area contributed by atoms with Gasteiger partial charge in [-0.3, -0.25) is 14.4 Å². The van der Waals surface area contributed by atoms with Crippen LogP contribution in [0.15, 0.2) is 41.0 Å². The predicted molar refractivity (Wildman–Crippen MR) is 96.0 cm³/mol. The number of likely N-dealkylation sites (N-methyl/N-ethyl adjacent to an activating group) is 1. The zero-order valence-electron chi connectivity index (χ0n) is 15.0. The highest BCUT2D eigenvalue weighted by Crippen LogP contribution is 2.18. The second-order valence-corrected chi connectivity index (χ2v) is 6.36. The van der Waals surface area contributed by atoms with Crippen LogP contribution in [0.25, 0.3) is 0 Å². The van der Waals surface area contributed by atoms with Crippen molar-refractivity contribution >= 4 is 23.4 Å². The number of hydrogen-bond acceptors (Lipinski definition) is 4. The zero-order chi connectivity index (χ0) is 18.8. The van der Waals surface area contributed by atoms with Crippen LogP contribution < -0.4 is 5.32 Å². The van der Waals surface area contributed by atoms with Gasteiger partial charge in [0.2, 0.25) is 5.91 Å². The van der Waals surface area contributed by atoms with E-state index >= 15 is 0 Å². The van der Waals surface area contributed by atoms with Gasteiger partial charge in [0.05, 0.1) is 11.8 Å². The fourth-order valence-corrected chi connectivity index (χ4v) is 2.97. The molecular weight excluding hydrogens is 334 g/mol. The van der Waals surface area contributed by atoms with E-state index in [1.165, 1.54) is 6.26 Å². The molecule has 3 rings (SSSR count). The summed E-state index contributed by atoms with van der Waals surface area (Å²) in [6.07, 6.45) is 1.46. The maximum Gasteiger partial charge on any atom is 0.259 e. The Balaban J connectivity index is 1.69. The maximum atomic E-state index is 12.7. The number of carbonyl (C=O) groups excluding carboxylic acids is 3. The Hall–Kier alpha value is -3.09. The SMILES string of the molecule is Cc1occc1C(=O)Nc1ccc(C(=O)N2CCN(C)C(=O)C2C)cc1. The molecule has 1 N–H and O–H groups in total. The molecule has 1 unspecified atom stereocenters. The van der Waals surface area contributed by atoms with Crippen molar-refractivity contribution in [3.05, 3.63) is 53.5 Å². The lowest BCUT2D eigenvalue weighted by atomic mass is 10.1. The number of amides is 3. The molecule has 1 aliphatic rings. The average molecular weight is 355 g/mol. The lowest BCUT2D eigenvalue weighted by Crippen LogP contribution is -2.56. The minimum atomic E-state index is -0.482. The number of benzene rings is 1. The summed E-state index contributed by atoms with van der Waals surface area (Å²) in [6, 6.07) is 7.76. The van der Waals surface area contributed by atoms with Crippen LogP contribution in [0.5, 0.6) is 0 Å². The van der Waals surface area contributed by atoms with Gasteiger partial charge in [0.15, 0.2) is 0 Å². The molecule has 26 heavy (non-hydrogen) atoms. The van der Waals surface area contributed by atoms with Crippen molar-refractivity contribution in [1.82, 2.24) is 9.80 Å².